The predicted octanol–water partition coefficient (Wildman–Crippen LogP) is 2.73. The first-order valence-electron chi connectivity index (χ1n) is 7.26. The molecule has 0 saturated heterocycles. The maximum atomic E-state index is 12.5. The lowest BCUT2D eigenvalue weighted by Crippen LogP contribution is -2.22. The third kappa shape index (κ3) is 4.37. The van der Waals surface area contributed by atoms with Gasteiger partial charge in [-0.1, -0.05) is 0 Å². The highest BCUT2D eigenvalue weighted by Gasteiger charge is 2.29. The van der Waals surface area contributed by atoms with Gasteiger partial charge in [-0.3, -0.25) is 4.98 Å². The average Bonchev–Trinajstić information content (AvgIpc) is 3.14. The van der Waals surface area contributed by atoms with Crippen LogP contribution in [-0.2, 0) is 16.9 Å². The van der Waals surface area contributed by atoms with Crippen molar-refractivity contribution in [2.75, 3.05) is 25.6 Å². The van der Waals surface area contributed by atoms with Crippen LogP contribution in [0.1, 0.15) is 5.82 Å². The lowest BCUT2D eigenvalue weighted by Gasteiger charge is -2.18. The van der Waals surface area contributed by atoms with Gasteiger partial charge >= 0.3 is 11.3 Å². The number of ether oxygens (including phenoxy) is 1. The van der Waals surface area contributed by atoms with Gasteiger partial charge in [-0.25, -0.2) is 9.97 Å². The Hall–Kier alpha value is -2.05. The molecule has 3 rings (SSSR count). The molecule has 1 N–H and O–H groups in total. The van der Waals surface area contributed by atoms with Crippen molar-refractivity contribution < 1.29 is 22.5 Å². The highest BCUT2D eigenvalue weighted by atomic mass is 32.2. The molecular weight excluding hydrogens is 391 g/mol. The van der Waals surface area contributed by atoms with E-state index in [0.717, 1.165) is 17.2 Å². The number of nitrogens with one attached hydrogen (secondary N) is 1. The molecule has 7 nitrogen and oxygen atoms in total. The smallest absolute Gasteiger partial charge is 0.422 e. The van der Waals surface area contributed by atoms with E-state index in [1.807, 2.05) is 10.8 Å². The van der Waals surface area contributed by atoms with Gasteiger partial charge in [0.05, 0.1) is 11.7 Å². The highest BCUT2D eigenvalue weighted by molar-refractivity contribution is 7.90. The van der Waals surface area contributed by atoms with Gasteiger partial charge < -0.3 is 14.2 Å². The number of fused-ring (bicyclic) bond motifs is 1. The Morgan fingerprint density at radius 2 is 2.08 bits per heavy atom. The molecule has 1 unspecified atom stereocenters. The number of aromatic nitrogens is 4. The normalized spacial score (nSPS) is 13.2. The Labute approximate surface area is 153 Å². The summed E-state index contributed by atoms with van der Waals surface area (Å²) in [6.07, 6.45) is -3.31. The zero-order chi connectivity index (χ0) is 18.9. The van der Waals surface area contributed by atoms with Gasteiger partial charge in [0.15, 0.2) is 29.8 Å². The molecule has 3 aromatic rings. The molecule has 3 aromatic heterocycles. The molecule has 0 radical (unpaired) electrons. The maximum Gasteiger partial charge on any atom is 0.422 e. The molecule has 3 heterocycles. The van der Waals surface area contributed by atoms with E-state index in [1.54, 1.807) is 14.1 Å². The lowest BCUT2D eigenvalue weighted by atomic mass is 10.4. The summed E-state index contributed by atoms with van der Waals surface area (Å²) in [5, 5.41) is 3.99. The number of rotatable bonds is 6. The summed E-state index contributed by atoms with van der Waals surface area (Å²) in [6, 6.07) is 0. The van der Waals surface area contributed by atoms with E-state index in [0.29, 0.717) is 5.16 Å². The van der Waals surface area contributed by atoms with Crippen LogP contribution in [0.2, 0.25) is 0 Å². The number of imidazole rings is 1. The molecule has 0 aromatic carbocycles. The number of hydrogen-bond acceptors (Lipinski definition) is 7. The summed E-state index contributed by atoms with van der Waals surface area (Å²) in [7, 11) is 3.23. The summed E-state index contributed by atoms with van der Waals surface area (Å²) in [5.41, 5.74) is 1.52. The molecule has 0 fully saturated rings. The molecule has 1 atom stereocenters. The number of thiophene rings is 1. The maximum absolute atomic E-state index is 12.5. The molecule has 0 bridgehead atoms. The third-order valence-electron chi connectivity index (χ3n) is 3.18. The number of halogens is 3. The van der Waals surface area contributed by atoms with Gasteiger partial charge in [-0.2, -0.15) is 18.2 Å². The standard InChI is InChI=1S/C14H14F3N5O2S2/c1-22(2)12-10(24-7-14(15,16)17)3-18-11(21-12)6-26(23)13-19-8-4-25-5-9(8)20-13/h3-5H,6-7H2,1-2H3,(H,19,20). The highest BCUT2D eigenvalue weighted by Crippen LogP contribution is 2.27. The van der Waals surface area contributed by atoms with E-state index in [4.69, 9.17) is 4.74 Å². The molecule has 0 spiro atoms. The Balaban J connectivity index is 1.77. The lowest BCUT2D eigenvalue weighted by molar-refractivity contribution is -0.153. The largest absolute Gasteiger partial charge is 0.609 e. The van der Waals surface area contributed by atoms with Gasteiger partial charge in [-0.15, -0.1) is 11.3 Å². The molecular formula is C14H14F3N5O2S2. The van der Waals surface area contributed by atoms with Crippen molar-refractivity contribution in [3.05, 3.63) is 22.8 Å². The van der Waals surface area contributed by atoms with Crippen molar-refractivity contribution in [3.63, 3.8) is 0 Å². The molecule has 0 aliphatic heterocycles. The fourth-order valence-corrected chi connectivity index (χ4v) is 3.69. The summed E-state index contributed by atoms with van der Waals surface area (Å²) in [5.74, 6) is 0.265. The second-order valence-electron chi connectivity index (χ2n) is 5.47. The number of hydrogen-bond donors (Lipinski definition) is 1. The van der Waals surface area contributed by atoms with Crippen molar-refractivity contribution in [1.82, 2.24) is 19.9 Å². The quantitative estimate of drug-likeness (QED) is 0.635. The van der Waals surface area contributed by atoms with Crippen LogP contribution in [-0.4, -0.2) is 51.4 Å². The van der Waals surface area contributed by atoms with Crippen LogP contribution in [0.15, 0.2) is 22.1 Å². The zero-order valence-corrected chi connectivity index (χ0v) is 15.3. The minimum Gasteiger partial charge on any atom is -0.609 e. The minimum absolute atomic E-state index is 0.0279. The Morgan fingerprint density at radius 1 is 1.31 bits per heavy atom. The second-order valence-corrected chi connectivity index (χ2v) is 7.58. The summed E-state index contributed by atoms with van der Waals surface area (Å²) < 4.78 is 54.2. The van der Waals surface area contributed by atoms with Gasteiger partial charge in [0, 0.05) is 36.0 Å². The van der Waals surface area contributed by atoms with E-state index in [1.165, 1.54) is 16.2 Å². The van der Waals surface area contributed by atoms with Crippen LogP contribution < -0.4 is 9.64 Å². The fourth-order valence-electron chi connectivity index (χ4n) is 2.06. The first-order valence-corrected chi connectivity index (χ1v) is 9.52. The third-order valence-corrected chi connectivity index (χ3v) is 5.06. The molecule has 26 heavy (non-hydrogen) atoms. The Morgan fingerprint density at radius 3 is 2.73 bits per heavy atom. The number of anilines is 1. The van der Waals surface area contributed by atoms with E-state index < -0.39 is 24.0 Å². The van der Waals surface area contributed by atoms with Crippen LogP contribution in [0.3, 0.4) is 0 Å². The summed E-state index contributed by atoms with van der Waals surface area (Å²) in [4.78, 5) is 16.8. The molecule has 0 aliphatic carbocycles. The molecule has 0 saturated carbocycles. The molecule has 0 aliphatic rings. The van der Waals surface area contributed by atoms with E-state index in [9.17, 15) is 17.7 Å². The van der Waals surface area contributed by atoms with Crippen LogP contribution in [0.5, 0.6) is 5.75 Å². The van der Waals surface area contributed by atoms with E-state index >= 15 is 0 Å². The van der Waals surface area contributed by atoms with Crippen molar-refractivity contribution in [3.8, 4) is 5.75 Å². The van der Waals surface area contributed by atoms with Crippen LogP contribution in [0.25, 0.3) is 11.0 Å². The monoisotopic (exact) mass is 405 g/mol. The van der Waals surface area contributed by atoms with Gasteiger partial charge in [0.2, 0.25) is 0 Å². The first kappa shape index (κ1) is 18.7. The first-order chi connectivity index (χ1) is 12.2. The number of H-pyrrole nitrogens is 1. The summed E-state index contributed by atoms with van der Waals surface area (Å²) in [6.45, 7) is -1.44. The fraction of sp³-hybridized carbons (Fsp3) is 0.357. The van der Waals surface area contributed by atoms with Crippen molar-refractivity contribution >= 4 is 39.4 Å². The van der Waals surface area contributed by atoms with E-state index in [-0.39, 0.29) is 23.1 Å². The topological polar surface area (TPSA) is 90.0 Å². The van der Waals surface area contributed by atoms with Crippen LogP contribution in [0.4, 0.5) is 19.0 Å². The van der Waals surface area contributed by atoms with Gasteiger partial charge in [0.1, 0.15) is 5.52 Å². The van der Waals surface area contributed by atoms with Crippen LogP contribution in [0, 0.1) is 0 Å². The SMILES string of the molecule is CN(C)c1nc(C[S+]([O-])c2nc3cscc3[nH]2)ncc1OCC(F)(F)F. The minimum atomic E-state index is -4.46. The number of alkyl halides is 3. The number of nitrogens with zero attached hydrogens (tertiary/aromatic N) is 4. The average molecular weight is 405 g/mol. The van der Waals surface area contributed by atoms with Gasteiger partial charge in [0.25, 0.3) is 0 Å². The molecule has 12 heteroatoms. The molecule has 0 amide bonds. The predicted molar refractivity (Wildman–Crippen MR) is 92.0 cm³/mol. The van der Waals surface area contributed by atoms with Crippen molar-refractivity contribution in [1.29, 1.82) is 0 Å². The zero-order valence-electron chi connectivity index (χ0n) is 13.7. The number of aromatic amines is 1. The van der Waals surface area contributed by atoms with Crippen molar-refractivity contribution in [2.45, 2.75) is 17.1 Å². The molecule has 140 valence electrons. The van der Waals surface area contributed by atoms with Crippen molar-refractivity contribution in [2.24, 2.45) is 0 Å². The second kappa shape index (κ2) is 7.29. The van der Waals surface area contributed by atoms with E-state index in [2.05, 4.69) is 19.9 Å². The van der Waals surface area contributed by atoms with Gasteiger partial charge in [-0.05, 0) is 0 Å². The Kier molecular flexibility index (Phi) is 5.25. The Bertz CT molecular complexity index is 868. The van der Waals surface area contributed by atoms with Crippen LogP contribution >= 0.6 is 11.3 Å². The summed E-state index contributed by atoms with van der Waals surface area (Å²) >= 11 is -0.0376.